The van der Waals surface area contributed by atoms with Gasteiger partial charge in [0, 0.05) is 32.7 Å². The number of benzene rings is 3. The van der Waals surface area contributed by atoms with Gasteiger partial charge in [0.15, 0.2) is 0 Å². The minimum absolute atomic E-state index is 0.0382. The number of rotatable bonds is 11. The molecule has 0 heterocycles. The third-order valence-electron chi connectivity index (χ3n) is 7.71. The van der Waals surface area contributed by atoms with Crippen LogP contribution >= 0.6 is 39.1 Å². The molecule has 1 aliphatic rings. The number of carbonyl (C=O) groups excluding carboxylic acids is 2. The molecular formula is C32H36BrCl2N3O4S. The first-order chi connectivity index (χ1) is 20.5. The van der Waals surface area contributed by atoms with Gasteiger partial charge in [-0.25, -0.2) is 8.42 Å². The Balaban J connectivity index is 1.74. The molecule has 2 amide bonds. The highest BCUT2D eigenvalue weighted by Gasteiger charge is 2.35. The van der Waals surface area contributed by atoms with Crippen LogP contribution < -0.4 is 9.62 Å². The highest BCUT2D eigenvalue weighted by Crippen LogP contribution is 2.30. The molecule has 0 unspecified atom stereocenters. The zero-order chi connectivity index (χ0) is 31.1. The van der Waals surface area contributed by atoms with Gasteiger partial charge in [0.25, 0.3) is 10.0 Å². The number of hydrogen-bond acceptors (Lipinski definition) is 4. The van der Waals surface area contributed by atoms with Gasteiger partial charge in [-0.3, -0.25) is 13.9 Å². The van der Waals surface area contributed by atoms with Crippen LogP contribution in [0.3, 0.4) is 0 Å². The highest BCUT2D eigenvalue weighted by atomic mass is 79.9. The van der Waals surface area contributed by atoms with E-state index < -0.39 is 28.5 Å². The van der Waals surface area contributed by atoms with E-state index in [9.17, 15) is 18.0 Å². The minimum atomic E-state index is -4.17. The molecule has 0 bridgehead atoms. The number of amides is 2. The van der Waals surface area contributed by atoms with Crippen LogP contribution in [0.4, 0.5) is 5.69 Å². The summed E-state index contributed by atoms with van der Waals surface area (Å²) in [4.78, 5) is 29.5. The Morgan fingerprint density at radius 3 is 2.21 bits per heavy atom. The van der Waals surface area contributed by atoms with Crippen LogP contribution in [0.15, 0.2) is 76.1 Å². The molecule has 0 saturated heterocycles. The fraction of sp³-hybridized carbons (Fsp3) is 0.375. The lowest BCUT2D eigenvalue weighted by Gasteiger charge is -2.34. The molecule has 230 valence electrons. The van der Waals surface area contributed by atoms with E-state index in [4.69, 9.17) is 23.2 Å². The van der Waals surface area contributed by atoms with Gasteiger partial charge in [-0.1, -0.05) is 95.1 Å². The maximum Gasteiger partial charge on any atom is 0.264 e. The molecule has 0 aliphatic heterocycles. The molecule has 1 saturated carbocycles. The Morgan fingerprint density at radius 1 is 0.977 bits per heavy atom. The normalized spacial score (nSPS) is 14.6. The van der Waals surface area contributed by atoms with Crippen LogP contribution in [0.5, 0.6) is 0 Å². The Labute approximate surface area is 272 Å². The molecule has 4 rings (SSSR count). The fourth-order valence-electron chi connectivity index (χ4n) is 5.31. The Kier molecular flexibility index (Phi) is 11.6. The van der Waals surface area contributed by atoms with Gasteiger partial charge in [-0.15, -0.1) is 0 Å². The van der Waals surface area contributed by atoms with E-state index in [1.54, 1.807) is 54.6 Å². The lowest BCUT2D eigenvalue weighted by atomic mass is 9.95. The second kappa shape index (κ2) is 14.9. The number of sulfonamides is 1. The molecular weight excluding hydrogens is 673 g/mol. The molecule has 1 aliphatic carbocycles. The van der Waals surface area contributed by atoms with E-state index in [-0.39, 0.29) is 23.4 Å². The first-order valence-corrected chi connectivity index (χ1v) is 17.4. The Bertz CT molecular complexity index is 1530. The lowest BCUT2D eigenvalue weighted by Crippen LogP contribution is -2.54. The predicted molar refractivity (Wildman–Crippen MR) is 176 cm³/mol. The van der Waals surface area contributed by atoms with Crippen molar-refractivity contribution >= 4 is 66.7 Å². The summed E-state index contributed by atoms with van der Waals surface area (Å²) < 4.78 is 29.8. The molecule has 0 aromatic heterocycles. The molecule has 1 fully saturated rings. The second-order valence-corrected chi connectivity index (χ2v) is 14.4. The molecule has 0 spiro atoms. The van der Waals surface area contributed by atoms with Crippen molar-refractivity contribution in [1.29, 1.82) is 0 Å². The third-order valence-corrected chi connectivity index (χ3v) is 10.7. The largest absolute Gasteiger partial charge is 0.352 e. The molecule has 3 aromatic rings. The third kappa shape index (κ3) is 8.32. The average molecular weight is 710 g/mol. The van der Waals surface area contributed by atoms with Crippen molar-refractivity contribution in [2.45, 2.75) is 75.9 Å². The standard InChI is InChI=1S/C32H36BrCl2N3O4S/c1-3-30(32(40)36-24-10-5-4-6-11-24)37(20-27-28(34)13-8-14-29(27)35)31(39)21-38(25-12-7-9-23(33)19-25)43(41,42)26-17-15-22(2)16-18-26/h7-9,12-19,24,30H,3-6,10-11,20-21H2,1-2H3,(H,36,40)/t30-/m1/s1. The molecule has 3 aromatic carbocycles. The molecule has 0 radical (unpaired) electrons. The smallest absolute Gasteiger partial charge is 0.264 e. The van der Waals surface area contributed by atoms with Gasteiger partial charge < -0.3 is 10.2 Å². The van der Waals surface area contributed by atoms with Gasteiger partial charge in [-0.2, -0.15) is 0 Å². The van der Waals surface area contributed by atoms with Crippen LogP contribution in [0.2, 0.25) is 10.0 Å². The highest BCUT2D eigenvalue weighted by molar-refractivity contribution is 9.10. The number of anilines is 1. The Hall–Kier alpha value is -2.59. The molecule has 1 atom stereocenters. The van der Waals surface area contributed by atoms with Crippen molar-refractivity contribution in [3.05, 3.63) is 92.4 Å². The summed E-state index contributed by atoms with van der Waals surface area (Å²) in [6.45, 7) is 3.09. The monoisotopic (exact) mass is 707 g/mol. The SMILES string of the molecule is CC[C@H](C(=O)NC1CCCCC1)N(Cc1c(Cl)cccc1Cl)C(=O)CN(c1cccc(Br)c1)S(=O)(=O)c1ccc(C)cc1. The summed E-state index contributed by atoms with van der Waals surface area (Å²) in [5, 5.41) is 3.84. The molecule has 11 heteroatoms. The van der Waals surface area contributed by atoms with Gasteiger partial charge in [0.05, 0.1) is 10.6 Å². The summed E-state index contributed by atoms with van der Waals surface area (Å²) in [5.41, 5.74) is 1.69. The summed E-state index contributed by atoms with van der Waals surface area (Å²) in [6, 6.07) is 17.4. The van der Waals surface area contributed by atoms with Crippen molar-refractivity contribution in [2.24, 2.45) is 0 Å². The second-order valence-electron chi connectivity index (χ2n) is 10.8. The Morgan fingerprint density at radius 2 is 1.60 bits per heavy atom. The number of aryl methyl sites for hydroxylation is 1. The van der Waals surface area contributed by atoms with Crippen LogP contribution in [0, 0.1) is 6.92 Å². The topological polar surface area (TPSA) is 86.8 Å². The lowest BCUT2D eigenvalue weighted by molar-refractivity contribution is -0.140. The molecule has 43 heavy (non-hydrogen) atoms. The summed E-state index contributed by atoms with van der Waals surface area (Å²) in [6.07, 6.45) is 5.31. The van der Waals surface area contributed by atoms with Crippen molar-refractivity contribution < 1.29 is 18.0 Å². The fourth-order valence-corrected chi connectivity index (χ4v) is 7.63. The van der Waals surface area contributed by atoms with Crippen molar-refractivity contribution in [3.63, 3.8) is 0 Å². The zero-order valence-electron chi connectivity index (χ0n) is 24.2. The van der Waals surface area contributed by atoms with E-state index in [0.29, 0.717) is 32.2 Å². The van der Waals surface area contributed by atoms with Gasteiger partial charge in [0.1, 0.15) is 12.6 Å². The van der Waals surface area contributed by atoms with Crippen molar-refractivity contribution in [1.82, 2.24) is 10.2 Å². The summed E-state index contributed by atoms with van der Waals surface area (Å²) >= 11 is 16.4. The molecule has 7 nitrogen and oxygen atoms in total. The number of carbonyl (C=O) groups is 2. The van der Waals surface area contributed by atoms with Crippen molar-refractivity contribution in [3.8, 4) is 0 Å². The quantitative estimate of drug-likeness (QED) is 0.223. The minimum Gasteiger partial charge on any atom is -0.352 e. The van der Waals surface area contributed by atoms with E-state index in [1.807, 2.05) is 13.8 Å². The number of hydrogen-bond donors (Lipinski definition) is 1. The van der Waals surface area contributed by atoms with Gasteiger partial charge >= 0.3 is 0 Å². The summed E-state index contributed by atoms with van der Waals surface area (Å²) in [5.74, 6) is -0.835. The van der Waals surface area contributed by atoms with Crippen LogP contribution in [-0.2, 0) is 26.2 Å². The van der Waals surface area contributed by atoms with Gasteiger partial charge in [0.2, 0.25) is 11.8 Å². The van der Waals surface area contributed by atoms with Crippen LogP contribution in [0.25, 0.3) is 0 Å². The zero-order valence-corrected chi connectivity index (χ0v) is 28.1. The predicted octanol–water partition coefficient (Wildman–Crippen LogP) is 7.52. The van der Waals surface area contributed by atoms with E-state index >= 15 is 0 Å². The average Bonchev–Trinajstić information content (AvgIpc) is 2.97. The number of nitrogens with zero attached hydrogens (tertiary/aromatic N) is 2. The number of halogens is 3. The molecule has 1 N–H and O–H groups in total. The van der Waals surface area contributed by atoms with E-state index in [0.717, 1.165) is 42.0 Å². The number of nitrogens with one attached hydrogen (secondary N) is 1. The van der Waals surface area contributed by atoms with Crippen LogP contribution in [0.1, 0.15) is 56.6 Å². The van der Waals surface area contributed by atoms with Crippen LogP contribution in [-0.4, -0.2) is 43.8 Å². The van der Waals surface area contributed by atoms with Gasteiger partial charge in [-0.05, 0) is 68.7 Å². The summed E-state index contributed by atoms with van der Waals surface area (Å²) in [7, 11) is -4.17. The van der Waals surface area contributed by atoms with E-state index in [2.05, 4.69) is 21.2 Å². The first kappa shape index (κ1) is 33.3. The van der Waals surface area contributed by atoms with Crippen molar-refractivity contribution in [2.75, 3.05) is 10.8 Å². The maximum absolute atomic E-state index is 14.3. The van der Waals surface area contributed by atoms with E-state index in [1.165, 1.54) is 17.0 Å². The maximum atomic E-state index is 14.3. The first-order valence-electron chi connectivity index (χ1n) is 14.4.